The number of hydrogen-bond acceptors (Lipinski definition) is 5. The summed E-state index contributed by atoms with van der Waals surface area (Å²) in [5.74, 6) is 0.198. The molecule has 0 heterocycles. The van der Waals surface area contributed by atoms with E-state index in [2.05, 4.69) is 75.0 Å². The molecule has 226 valence electrons. The van der Waals surface area contributed by atoms with Gasteiger partial charge >= 0.3 is 5.97 Å². The van der Waals surface area contributed by atoms with Gasteiger partial charge in [0.05, 0.1) is 13.2 Å². The van der Waals surface area contributed by atoms with Crippen LogP contribution in [0.3, 0.4) is 0 Å². The normalized spacial score (nSPS) is 11.1. The van der Waals surface area contributed by atoms with Gasteiger partial charge in [-0.05, 0) is 96.5 Å². The Kier molecular flexibility index (Phi) is 13.8. The Balaban J connectivity index is 1.81. The van der Waals surface area contributed by atoms with Crippen LogP contribution >= 0.6 is 0 Å². The number of benzene rings is 3. The Labute approximate surface area is 252 Å². The smallest absolute Gasteiger partial charge is 0.333 e. The summed E-state index contributed by atoms with van der Waals surface area (Å²) >= 11 is 0. The number of ether oxygens (including phenoxy) is 2. The Hall–Kier alpha value is -3.41. The van der Waals surface area contributed by atoms with E-state index in [1.54, 1.807) is 6.92 Å². The number of rotatable bonds is 18. The molecule has 5 heteroatoms. The first-order chi connectivity index (χ1) is 20.4. The van der Waals surface area contributed by atoms with Gasteiger partial charge in [-0.3, -0.25) is 0 Å². The van der Waals surface area contributed by atoms with Gasteiger partial charge in [0.25, 0.3) is 0 Å². The van der Waals surface area contributed by atoms with Gasteiger partial charge in [0, 0.05) is 24.7 Å². The second-order valence-electron chi connectivity index (χ2n) is 11.1. The zero-order chi connectivity index (χ0) is 30.3. The molecule has 2 N–H and O–H groups in total. The lowest BCUT2D eigenvalue weighted by Crippen LogP contribution is -2.15. The number of carbonyl (C=O) groups is 1. The van der Waals surface area contributed by atoms with E-state index in [4.69, 9.17) is 9.47 Å². The molecule has 0 aromatic heterocycles. The molecule has 3 aromatic carbocycles. The van der Waals surface area contributed by atoms with Crippen LogP contribution < -0.4 is 4.74 Å². The second-order valence-corrected chi connectivity index (χ2v) is 11.1. The summed E-state index contributed by atoms with van der Waals surface area (Å²) in [4.78, 5) is 11.8. The fourth-order valence-corrected chi connectivity index (χ4v) is 5.00. The maximum absolute atomic E-state index is 11.8. The lowest BCUT2D eigenvalue weighted by Gasteiger charge is -2.17. The average Bonchev–Trinajstić information content (AvgIpc) is 3.01. The molecule has 0 aliphatic carbocycles. The molecule has 42 heavy (non-hydrogen) atoms. The van der Waals surface area contributed by atoms with Gasteiger partial charge in [-0.1, -0.05) is 81.8 Å². The van der Waals surface area contributed by atoms with E-state index in [1.165, 1.54) is 47.1 Å². The summed E-state index contributed by atoms with van der Waals surface area (Å²) in [5.41, 5.74) is 8.87. The molecular formula is C37H48O5. The SMILES string of the molecule is C=C(C)C(=O)OCCCc1cc(-c2ccc(-c3ccc(CCCCC)cc3)cc2CC)ccc1OCCC(CO)CO. The third-order valence-corrected chi connectivity index (χ3v) is 7.69. The van der Waals surface area contributed by atoms with Crippen molar-refractivity contribution in [2.24, 2.45) is 5.92 Å². The Morgan fingerprint density at radius 2 is 1.50 bits per heavy atom. The number of aryl methyl sites for hydroxylation is 3. The number of unbranched alkanes of at least 4 members (excludes halogenated alkanes) is 2. The number of carbonyl (C=O) groups excluding carboxylic acids is 1. The van der Waals surface area contributed by atoms with Crippen molar-refractivity contribution in [3.8, 4) is 28.0 Å². The van der Waals surface area contributed by atoms with E-state index in [1.807, 2.05) is 6.07 Å². The molecule has 0 saturated heterocycles. The van der Waals surface area contributed by atoms with E-state index < -0.39 is 0 Å². The van der Waals surface area contributed by atoms with E-state index in [-0.39, 0.29) is 25.1 Å². The van der Waals surface area contributed by atoms with Crippen LogP contribution in [0.15, 0.2) is 72.8 Å². The maximum atomic E-state index is 11.8. The zero-order valence-corrected chi connectivity index (χ0v) is 25.7. The number of hydrogen-bond donors (Lipinski definition) is 2. The predicted molar refractivity (Wildman–Crippen MR) is 172 cm³/mol. The third-order valence-electron chi connectivity index (χ3n) is 7.69. The van der Waals surface area contributed by atoms with E-state index in [0.29, 0.717) is 38.0 Å². The van der Waals surface area contributed by atoms with Crippen molar-refractivity contribution in [1.29, 1.82) is 0 Å². The van der Waals surface area contributed by atoms with Crippen LogP contribution in [-0.2, 0) is 28.8 Å². The standard InChI is InChI=1S/C37H48O5/c1-5-7-8-10-28-12-14-31(15-13-28)32-16-18-35(30(6-2)23-32)33-17-19-36(41-22-20-29(25-38)26-39)34(24-33)11-9-21-42-37(40)27(3)4/h12-19,23-24,29,38-39H,3,5-11,20-22,25-26H2,1-2,4H3. The highest BCUT2D eigenvalue weighted by Crippen LogP contribution is 2.33. The number of esters is 1. The van der Waals surface area contributed by atoms with Gasteiger partial charge in [0.2, 0.25) is 0 Å². The van der Waals surface area contributed by atoms with Crippen molar-refractivity contribution in [3.05, 3.63) is 89.5 Å². The van der Waals surface area contributed by atoms with Crippen molar-refractivity contribution >= 4 is 5.97 Å². The average molecular weight is 573 g/mol. The molecule has 3 rings (SSSR count). The summed E-state index contributed by atoms with van der Waals surface area (Å²) in [5, 5.41) is 18.8. The quantitative estimate of drug-likeness (QED) is 0.0926. The topological polar surface area (TPSA) is 76.0 Å². The van der Waals surface area contributed by atoms with E-state index >= 15 is 0 Å². The molecule has 3 aromatic rings. The largest absolute Gasteiger partial charge is 0.493 e. The van der Waals surface area contributed by atoms with Gasteiger partial charge in [-0.25, -0.2) is 4.79 Å². The van der Waals surface area contributed by atoms with Crippen LogP contribution in [0.4, 0.5) is 0 Å². The van der Waals surface area contributed by atoms with Crippen LogP contribution in [0, 0.1) is 5.92 Å². The fourth-order valence-electron chi connectivity index (χ4n) is 5.00. The van der Waals surface area contributed by atoms with Gasteiger partial charge in [0.1, 0.15) is 5.75 Å². The van der Waals surface area contributed by atoms with Crippen molar-refractivity contribution in [3.63, 3.8) is 0 Å². The Morgan fingerprint density at radius 3 is 2.17 bits per heavy atom. The molecule has 5 nitrogen and oxygen atoms in total. The lowest BCUT2D eigenvalue weighted by molar-refractivity contribution is -0.139. The first-order valence-corrected chi connectivity index (χ1v) is 15.4. The highest BCUT2D eigenvalue weighted by atomic mass is 16.5. The minimum Gasteiger partial charge on any atom is -0.493 e. The summed E-state index contributed by atoms with van der Waals surface area (Å²) in [6, 6.07) is 22.0. The molecule has 0 aliphatic heterocycles. The maximum Gasteiger partial charge on any atom is 0.333 e. The minimum atomic E-state index is -0.377. The van der Waals surface area contributed by atoms with E-state index in [0.717, 1.165) is 29.7 Å². The predicted octanol–water partition coefficient (Wildman–Crippen LogP) is 7.74. The van der Waals surface area contributed by atoms with Crippen molar-refractivity contribution in [2.75, 3.05) is 26.4 Å². The Morgan fingerprint density at radius 1 is 0.810 bits per heavy atom. The Bertz CT molecular complexity index is 1270. The van der Waals surface area contributed by atoms with Crippen molar-refractivity contribution in [2.45, 2.75) is 72.1 Å². The molecule has 0 spiro atoms. The molecule has 0 saturated carbocycles. The molecule has 0 amide bonds. The van der Waals surface area contributed by atoms with Crippen LogP contribution in [-0.4, -0.2) is 42.6 Å². The molecule has 0 bridgehead atoms. The first kappa shape index (κ1) is 33.1. The summed E-state index contributed by atoms with van der Waals surface area (Å²) < 4.78 is 11.4. The zero-order valence-electron chi connectivity index (χ0n) is 25.7. The molecule has 0 atom stereocenters. The monoisotopic (exact) mass is 572 g/mol. The highest BCUT2D eigenvalue weighted by Gasteiger charge is 2.13. The lowest BCUT2D eigenvalue weighted by atomic mass is 9.92. The minimum absolute atomic E-state index is 0.0708. The van der Waals surface area contributed by atoms with Crippen LogP contribution in [0.25, 0.3) is 22.3 Å². The van der Waals surface area contributed by atoms with Gasteiger partial charge in [-0.15, -0.1) is 0 Å². The van der Waals surface area contributed by atoms with Gasteiger partial charge in [-0.2, -0.15) is 0 Å². The third kappa shape index (κ3) is 9.85. The number of aliphatic hydroxyl groups is 2. The second kappa shape index (κ2) is 17.5. The van der Waals surface area contributed by atoms with Crippen LogP contribution in [0.5, 0.6) is 5.75 Å². The van der Waals surface area contributed by atoms with Gasteiger partial charge in [0.15, 0.2) is 0 Å². The fraction of sp³-hybridized carbons (Fsp3) is 0.432. The van der Waals surface area contributed by atoms with Crippen molar-refractivity contribution < 1.29 is 24.5 Å². The van der Waals surface area contributed by atoms with Crippen LogP contribution in [0.2, 0.25) is 0 Å². The van der Waals surface area contributed by atoms with Gasteiger partial charge < -0.3 is 19.7 Å². The molecular weight excluding hydrogens is 524 g/mol. The molecule has 0 fully saturated rings. The molecule has 0 unspecified atom stereocenters. The molecule has 0 aliphatic rings. The summed E-state index contributed by atoms with van der Waals surface area (Å²) in [6.07, 6.45) is 7.69. The van der Waals surface area contributed by atoms with Crippen LogP contribution in [0.1, 0.15) is 69.6 Å². The van der Waals surface area contributed by atoms with Crippen molar-refractivity contribution in [1.82, 2.24) is 0 Å². The summed E-state index contributed by atoms with van der Waals surface area (Å²) in [7, 11) is 0. The first-order valence-electron chi connectivity index (χ1n) is 15.4. The molecule has 0 radical (unpaired) electrons. The number of aliphatic hydroxyl groups excluding tert-OH is 2. The highest BCUT2D eigenvalue weighted by molar-refractivity contribution is 5.86. The van der Waals surface area contributed by atoms with E-state index in [9.17, 15) is 15.0 Å². The summed E-state index contributed by atoms with van der Waals surface area (Å²) in [6.45, 7) is 10.3.